The van der Waals surface area contributed by atoms with Crippen LogP contribution in [0.1, 0.15) is 51.1 Å². The van der Waals surface area contributed by atoms with E-state index >= 15 is 0 Å². The molecule has 1 fully saturated rings. The highest BCUT2D eigenvalue weighted by Crippen LogP contribution is 2.23. The summed E-state index contributed by atoms with van der Waals surface area (Å²) in [6, 6.07) is 11.6. The lowest BCUT2D eigenvalue weighted by Crippen LogP contribution is -2.42. The van der Waals surface area contributed by atoms with Crippen molar-refractivity contribution in [3.8, 4) is 5.69 Å². The SMILES string of the molecule is CC(=O)NC1CCC(N[C@H](C)c2cccc(-n3cccn3)c2)CC1. The van der Waals surface area contributed by atoms with E-state index < -0.39 is 0 Å². The number of carbonyl (C=O) groups is 1. The average Bonchev–Trinajstić information content (AvgIpc) is 3.11. The number of nitrogens with one attached hydrogen (secondary N) is 2. The van der Waals surface area contributed by atoms with Crippen molar-refractivity contribution in [3.63, 3.8) is 0 Å². The summed E-state index contributed by atoms with van der Waals surface area (Å²) in [4.78, 5) is 11.2. The fourth-order valence-electron chi connectivity index (χ4n) is 3.50. The van der Waals surface area contributed by atoms with Crippen LogP contribution in [0, 0.1) is 0 Å². The monoisotopic (exact) mass is 326 g/mol. The van der Waals surface area contributed by atoms with Crippen molar-refractivity contribution in [2.45, 2.75) is 57.7 Å². The van der Waals surface area contributed by atoms with Gasteiger partial charge in [-0.2, -0.15) is 5.10 Å². The van der Waals surface area contributed by atoms with Gasteiger partial charge >= 0.3 is 0 Å². The summed E-state index contributed by atoms with van der Waals surface area (Å²) >= 11 is 0. The van der Waals surface area contributed by atoms with Crippen LogP contribution in [0.2, 0.25) is 0 Å². The maximum Gasteiger partial charge on any atom is 0.217 e. The molecule has 1 aromatic heterocycles. The smallest absolute Gasteiger partial charge is 0.217 e. The van der Waals surface area contributed by atoms with Crippen LogP contribution in [0.5, 0.6) is 0 Å². The molecule has 3 rings (SSSR count). The Bertz CT molecular complexity index is 660. The van der Waals surface area contributed by atoms with Gasteiger partial charge in [0.1, 0.15) is 0 Å². The molecule has 1 amide bonds. The molecular weight excluding hydrogens is 300 g/mol. The minimum Gasteiger partial charge on any atom is -0.354 e. The Kier molecular flexibility index (Phi) is 5.30. The normalized spacial score (nSPS) is 22.1. The molecule has 5 heteroatoms. The molecule has 24 heavy (non-hydrogen) atoms. The highest BCUT2D eigenvalue weighted by Gasteiger charge is 2.22. The van der Waals surface area contributed by atoms with E-state index in [1.165, 1.54) is 5.56 Å². The van der Waals surface area contributed by atoms with Crippen molar-refractivity contribution < 1.29 is 4.79 Å². The first-order chi connectivity index (χ1) is 11.6. The molecule has 1 aliphatic rings. The lowest BCUT2D eigenvalue weighted by molar-refractivity contribution is -0.119. The van der Waals surface area contributed by atoms with Crippen molar-refractivity contribution in [1.82, 2.24) is 20.4 Å². The summed E-state index contributed by atoms with van der Waals surface area (Å²) in [5.74, 6) is 0.0789. The van der Waals surface area contributed by atoms with E-state index in [0.717, 1.165) is 31.4 Å². The molecule has 0 unspecified atom stereocenters. The Morgan fingerprint density at radius 1 is 1.21 bits per heavy atom. The van der Waals surface area contributed by atoms with Gasteiger partial charge in [-0.1, -0.05) is 12.1 Å². The Balaban J connectivity index is 1.57. The van der Waals surface area contributed by atoms with E-state index in [2.05, 4.69) is 46.9 Å². The van der Waals surface area contributed by atoms with E-state index in [4.69, 9.17) is 0 Å². The van der Waals surface area contributed by atoms with E-state index in [-0.39, 0.29) is 5.91 Å². The van der Waals surface area contributed by atoms with Gasteiger partial charge in [0.2, 0.25) is 5.91 Å². The number of hydrogen-bond acceptors (Lipinski definition) is 3. The second-order valence-electron chi connectivity index (χ2n) is 6.68. The number of amides is 1. The largest absolute Gasteiger partial charge is 0.354 e. The predicted octanol–water partition coefficient (Wildman–Crippen LogP) is 2.97. The van der Waals surface area contributed by atoms with E-state index in [1.54, 1.807) is 13.1 Å². The van der Waals surface area contributed by atoms with Crippen LogP contribution in [0.4, 0.5) is 0 Å². The third-order valence-electron chi connectivity index (χ3n) is 4.76. The van der Waals surface area contributed by atoms with Crippen molar-refractivity contribution >= 4 is 5.91 Å². The number of nitrogens with zero attached hydrogens (tertiary/aromatic N) is 2. The first-order valence-electron chi connectivity index (χ1n) is 8.75. The molecule has 0 aliphatic heterocycles. The standard InChI is InChI=1S/C19H26N4O/c1-14(21-17-7-9-18(10-8-17)22-15(2)24)16-5-3-6-19(13-16)23-12-4-11-20-23/h3-6,11-14,17-18,21H,7-10H2,1-2H3,(H,22,24)/t14-,17?,18?/m1/s1. The minimum atomic E-state index is 0.0789. The summed E-state index contributed by atoms with van der Waals surface area (Å²) in [6.45, 7) is 3.81. The van der Waals surface area contributed by atoms with Crippen molar-refractivity contribution in [1.29, 1.82) is 0 Å². The number of hydrogen-bond donors (Lipinski definition) is 2. The molecule has 0 radical (unpaired) electrons. The topological polar surface area (TPSA) is 59.0 Å². The summed E-state index contributed by atoms with van der Waals surface area (Å²) in [7, 11) is 0. The third kappa shape index (κ3) is 4.23. The quantitative estimate of drug-likeness (QED) is 0.888. The Hall–Kier alpha value is -2.14. The third-order valence-corrected chi connectivity index (χ3v) is 4.76. The fraction of sp³-hybridized carbons (Fsp3) is 0.474. The van der Waals surface area contributed by atoms with Gasteiger partial charge in [0.15, 0.2) is 0 Å². The van der Waals surface area contributed by atoms with Gasteiger partial charge in [0, 0.05) is 37.4 Å². The maximum absolute atomic E-state index is 11.2. The molecule has 1 atom stereocenters. The molecule has 1 saturated carbocycles. The number of carbonyl (C=O) groups excluding carboxylic acids is 1. The van der Waals surface area contributed by atoms with E-state index in [0.29, 0.717) is 18.1 Å². The van der Waals surface area contributed by atoms with Gasteiger partial charge in [0.05, 0.1) is 5.69 Å². The van der Waals surface area contributed by atoms with Crippen LogP contribution in [-0.2, 0) is 4.79 Å². The van der Waals surface area contributed by atoms with Crippen LogP contribution in [0.15, 0.2) is 42.7 Å². The lowest BCUT2D eigenvalue weighted by Gasteiger charge is -2.31. The number of aromatic nitrogens is 2. The van der Waals surface area contributed by atoms with Crippen LogP contribution in [0.25, 0.3) is 5.69 Å². The van der Waals surface area contributed by atoms with Gasteiger partial charge in [0.25, 0.3) is 0 Å². The molecule has 1 aliphatic carbocycles. The molecule has 128 valence electrons. The highest BCUT2D eigenvalue weighted by molar-refractivity contribution is 5.73. The van der Waals surface area contributed by atoms with E-state index in [1.807, 2.05) is 16.9 Å². The molecule has 2 N–H and O–H groups in total. The molecular formula is C19H26N4O. The van der Waals surface area contributed by atoms with Gasteiger partial charge < -0.3 is 10.6 Å². The van der Waals surface area contributed by atoms with E-state index in [9.17, 15) is 4.79 Å². The van der Waals surface area contributed by atoms with Crippen molar-refractivity contribution in [3.05, 3.63) is 48.3 Å². The zero-order chi connectivity index (χ0) is 16.9. The molecule has 5 nitrogen and oxygen atoms in total. The van der Waals surface area contributed by atoms with Crippen molar-refractivity contribution in [2.24, 2.45) is 0 Å². The summed E-state index contributed by atoms with van der Waals surface area (Å²) < 4.78 is 1.88. The zero-order valence-corrected chi connectivity index (χ0v) is 14.4. The fourth-order valence-corrected chi connectivity index (χ4v) is 3.50. The van der Waals surface area contributed by atoms with Crippen LogP contribution >= 0.6 is 0 Å². The zero-order valence-electron chi connectivity index (χ0n) is 14.4. The first kappa shape index (κ1) is 16.7. The van der Waals surface area contributed by atoms with Gasteiger partial charge in [-0.15, -0.1) is 0 Å². The number of benzene rings is 1. The Labute approximate surface area is 143 Å². The highest BCUT2D eigenvalue weighted by atomic mass is 16.1. The maximum atomic E-state index is 11.2. The molecule has 0 spiro atoms. The lowest BCUT2D eigenvalue weighted by atomic mass is 9.90. The predicted molar refractivity (Wildman–Crippen MR) is 95.0 cm³/mol. The molecule has 1 heterocycles. The van der Waals surface area contributed by atoms with Crippen molar-refractivity contribution in [2.75, 3.05) is 0 Å². The average molecular weight is 326 g/mol. The summed E-state index contributed by atoms with van der Waals surface area (Å²) in [5, 5.41) is 11.1. The Morgan fingerprint density at radius 2 is 1.96 bits per heavy atom. The number of rotatable bonds is 5. The minimum absolute atomic E-state index is 0.0789. The first-order valence-corrected chi connectivity index (χ1v) is 8.75. The van der Waals surface area contributed by atoms with Crippen LogP contribution in [0.3, 0.4) is 0 Å². The molecule has 0 saturated heterocycles. The van der Waals surface area contributed by atoms with Gasteiger partial charge in [-0.25, -0.2) is 4.68 Å². The van der Waals surface area contributed by atoms with Crippen LogP contribution in [-0.4, -0.2) is 27.8 Å². The van der Waals surface area contributed by atoms with Gasteiger partial charge in [-0.3, -0.25) is 4.79 Å². The summed E-state index contributed by atoms with van der Waals surface area (Å²) in [5.41, 5.74) is 2.35. The molecule has 2 aromatic rings. The van der Waals surface area contributed by atoms with Gasteiger partial charge in [-0.05, 0) is 56.4 Å². The molecule has 0 bridgehead atoms. The van der Waals surface area contributed by atoms with Crippen LogP contribution < -0.4 is 10.6 Å². The summed E-state index contributed by atoms with van der Waals surface area (Å²) in [6.07, 6.45) is 8.07. The molecule has 1 aromatic carbocycles. The Morgan fingerprint density at radius 3 is 2.62 bits per heavy atom. The second-order valence-corrected chi connectivity index (χ2v) is 6.68. The second kappa shape index (κ2) is 7.62.